The van der Waals surface area contributed by atoms with Gasteiger partial charge in [-0.25, -0.2) is 0 Å². The number of hydrogen-bond acceptors (Lipinski definition) is 4. The van der Waals surface area contributed by atoms with Crippen molar-refractivity contribution in [2.24, 2.45) is 11.8 Å². The molecule has 1 aliphatic rings. The molecule has 0 heterocycles. The number of rotatable bonds is 3. The first-order valence-electron chi connectivity index (χ1n) is 7.51. The van der Waals surface area contributed by atoms with E-state index in [9.17, 15) is 19.5 Å². The van der Waals surface area contributed by atoms with Crippen LogP contribution >= 0.6 is 11.6 Å². The maximum absolute atomic E-state index is 12.3. The van der Waals surface area contributed by atoms with E-state index in [2.05, 4.69) is 10.9 Å². The SMILES string of the molecule is CC1=C(C)C[C@@H](C(=O)[O-])[C@@H](C(=O)NNC(=O)c2cccc(Cl)c2)C1. The van der Waals surface area contributed by atoms with E-state index in [-0.39, 0.29) is 12.0 Å². The summed E-state index contributed by atoms with van der Waals surface area (Å²) in [6.45, 7) is 3.71. The van der Waals surface area contributed by atoms with Gasteiger partial charge in [-0.05, 0) is 44.9 Å². The molecule has 0 spiro atoms. The quantitative estimate of drug-likeness (QED) is 0.633. The minimum absolute atomic E-state index is 0.272. The smallest absolute Gasteiger partial charge is 0.269 e. The molecule has 0 saturated carbocycles. The van der Waals surface area contributed by atoms with Gasteiger partial charge in [-0.2, -0.15) is 0 Å². The van der Waals surface area contributed by atoms with Crippen LogP contribution in [0.25, 0.3) is 0 Å². The topological polar surface area (TPSA) is 98.3 Å². The van der Waals surface area contributed by atoms with Gasteiger partial charge < -0.3 is 9.90 Å². The molecule has 0 aliphatic heterocycles. The van der Waals surface area contributed by atoms with Crippen LogP contribution in [0.5, 0.6) is 0 Å². The Bertz CT molecular complexity index is 714. The zero-order valence-electron chi connectivity index (χ0n) is 13.4. The van der Waals surface area contributed by atoms with Crippen molar-refractivity contribution in [1.82, 2.24) is 10.9 Å². The highest BCUT2D eigenvalue weighted by molar-refractivity contribution is 6.30. The lowest BCUT2D eigenvalue weighted by Gasteiger charge is -2.32. The van der Waals surface area contributed by atoms with E-state index >= 15 is 0 Å². The molecule has 1 aromatic carbocycles. The van der Waals surface area contributed by atoms with Gasteiger partial charge >= 0.3 is 0 Å². The number of amides is 2. The zero-order chi connectivity index (χ0) is 17.9. The maximum atomic E-state index is 12.3. The van der Waals surface area contributed by atoms with Gasteiger partial charge in [-0.3, -0.25) is 20.4 Å². The number of halogens is 1. The molecule has 2 atom stereocenters. The van der Waals surface area contributed by atoms with E-state index in [4.69, 9.17) is 11.6 Å². The van der Waals surface area contributed by atoms with Crippen molar-refractivity contribution in [1.29, 1.82) is 0 Å². The number of carboxylic acid groups (broad SMARTS) is 1. The summed E-state index contributed by atoms with van der Waals surface area (Å²) in [5.41, 5.74) is 6.80. The molecule has 7 heteroatoms. The van der Waals surface area contributed by atoms with Crippen LogP contribution in [0.15, 0.2) is 35.4 Å². The van der Waals surface area contributed by atoms with Crippen LogP contribution < -0.4 is 16.0 Å². The van der Waals surface area contributed by atoms with Crippen molar-refractivity contribution >= 4 is 29.4 Å². The fourth-order valence-electron chi connectivity index (χ4n) is 2.73. The normalized spacial score (nSPS) is 20.5. The van der Waals surface area contributed by atoms with Gasteiger partial charge in [0.2, 0.25) is 5.91 Å². The van der Waals surface area contributed by atoms with Gasteiger partial charge in [0.05, 0.1) is 5.92 Å². The molecule has 1 aliphatic carbocycles. The molecular formula is C17H18ClN2O4-. The Morgan fingerprint density at radius 1 is 1.08 bits per heavy atom. The van der Waals surface area contributed by atoms with Crippen LogP contribution in [-0.2, 0) is 9.59 Å². The molecule has 6 nitrogen and oxygen atoms in total. The molecule has 1 aromatic rings. The molecule has 2 N–H and O–H groups in total. The van der Waals surface area contributed by atoms with Crippen molar-refractivity contribution in [3.63, 3.8) is 0 Å². The van der Waals surface area contributed by atoms with E-state index in [1.165, 1.54) is 6.07 Å². The maximum Gasteiger partial charge on any atom is 0.269 e. The van der Waals surface area contributed by atoms with Gasteiger partial charge in [0.15, 0.2) is 0 Å². The monoisotopic (exact) mass is 349 g/mol. The third-order valence-electron chi connectivity index (χ3n) is 4.29. The first-order chi connectivity index (χ1) is 11.3. The number of benzene rings is 1. The third kappa shape index (κ3) is 4.14. The Morgan fingerprint density at radius 2 is 1.71 bits per heavy atom. The van der Waals surface area contributed by atoms with Crippen molar-refractivity contribution in [3.05, 3.63) is 46.0 Å². The highest BCUT2D eigenvalue weighted by atomic mass is 35.5. The minimum Gasteiger partial charge on any atom is -0.550 e. The lowest BCUT2D eigenvalue weighted by molar-refractivity contribution is -0.313. The average molecular weight is 350 g/mol. The van der Waals surface area contributed by atoms with E-state index in [1.54, 1.807) is 18.2 Å². The van der Waals surface area contributed by atoms with Gasteiger partial charge in [0.25, 0.3) is 5.91 Å². The Kier molecular flexibility index (Phi) is 5.62. The fourth-order valence-corrected chi connectivity index (χ4v) is 2.92. The van der Waals surface area contributed by atoms with Gasteiger partial charge in [-0.15, -0.1) is 0 Å². The largest absolute Gasteiger partial charge is 0.550 e. The summed E-state index contributed by atoms with van der Waals surface area (Å²) in [6, 6.07) is 6.25. The summed E-state index contributed by atoms with van der Waals surface area (Å²) in [6.07, 6.45) is 0.595. The molecule has 0 bridgehead atoms. The van der Waals surface area contributed by atoms with E-state index in [0.29, 0.717) is 11.4 Å². The fraction of sp³-hybridized carbons (Fsp3) is 0.353. The molecule has 24 heavy (non-hydrogen) atoms. The lowest BCUT2D eigenvalue weighted by Crippen LogP contribution is -2.49. The van der Waals surface area contributed by atoms with Crippen LogP contribution in [0.2, 0.25) is 5.02 Å². The Morgan fingerprint density at radius 3 is 2.29 bits per heavy atom. The van der Waals surface area contributed by atoms with Crippen molar-refractivity contribution in [2.75, 3.05) is 0 Å². The van der Waals surface area contributed by atoms with Crippen LogP contribution in [0, 0.1) is 11.8 Å². The number of aliphatic carboxylic acids is 1. The molecule has 0 saturated heterocycles. The van der Waals surface area contributed by atoms with Crippen LogP contribution in [0.1, 0.15) is 37.0 Å². The van der Waals surface area contributed by atoms with E-state index < -0.39 is 29.6 Å². The summed E-state index contributed by atoms with van der Waals surface area (Å²) >= 11 is 5.81. The van der Waals surface area contributed by atoms with E-state index in [1.807, 2.05) is 13.8 Å². The average Bonchev–Trinajstić information content (AvgIpc) is 2.54. The predicted octanol–water partition coefficient (Wildman–Crippen LogP) is 1.21. The van der Waals surface area contributed by atoms with Gasteiger partial charge in [-0.1, -0.05) is 28.8 Å². The number of hydrazine groups is 1. The predicted molar refractivity (Wildman–Crippen MR) is 86.7 cm³/mol. The molecule has 128 valence electrons. The molecule has 0 aromatic heterocycles. The van der Waals surface area contributed by atoms with E-state index in [0.717, 1.165) is 11.1 Å². The summed E-state index contributed by atoms with van der Waals surface area (Å²) in [5, 5.41) is 11.7. The second kappa shape index (κ2) is 7.49. The lowest BCUT2D eigenvalue weighted by atomic mass is 9.76. The van der Waals surface area contributed by atoms with Crippen LogP contribution in [-0.4, -0.2) is 17.8 Å². The summed E-state index contributed by atoms with van der Waals surface area (Å²) in [4.78, 5) is 35.6. The first kappa shape index (κ1) is 18.0. The van der Waals surface area contributed by atoms with Gasteiger partial charge in [0, 0.05) is 22.5 Å². The first-order valence-corrected chi connectivity index (χ1v) is 7.89. The number of carboxylic acids is 1. The number of allylic oxidation sites excluding steroid dienone is 2. The Labute approximate surface area is 144 Å². The molecule has 0 fully saturated rings. The zero-order valence-corrected chi connectivity index (χ0v) is 14.1. The molecule has 2 amide bonds. The second-order valence-corrected chi connectivity index (χ2v) is 6.39. The molecule has 2 rings (SSSR count). The number of hydrogen-bond donors (Lipinski definition) is 2. The summed E-state index contributed by atoms with van der Waals surface area (Å²) in [5.74, 6) is -4.03. The summed E-state index contributed by atoms with van der Waals surface area (Å²) in [7, 11) is 0. The van der Waals surface area contributed by atoms with Crippen LogP contribution in [0.4, 0.5) is 0 Å². The molecule has 0 radical (unpaired) electrons. The molecule has 0 unspecified atom stereocenters. The van der Waals surface area contributed by atoms with Crippen LogP contribution in [0.3, 0.4) is 0 Å². The number of carbonyl (C=O) groups is 3. The van der Waals surface area contributed by atoms with Crippen molar-refractivity contribution in [3.8, 4) is 0 Å². The minimum atomic E-state index is -1.26. The Hall–Kier alpha value is -2.34. The highest BCUT2D eigenvalue weighted by Crippen LogP contribution is 2.33. The van der Waals surface area contributed by atoms with Crippen molar-refractivity contribution < 1.29 is 19.5 Å². The molecular weight excluding hydrogens is 332 g/mol. The van der Waals surface area contributed by atoms with Crippen molar-refractivity contribution in [2.45, 2.75) is 26.7 Å². The number of carbonyl (C=O) groups excluding carboxylic acids is 3. The summed E-state index contributed by atoms with van der Waals surface area (Å²) < 4.78 is 0. The third-order valence-corrected chi connectivity index (χ3v) is 4.53. The highest BCUT2D eigenvalue weighted by Gasteiger charge is 2.33. The second-order valence-electron chi connectivity index (χ2n) is 5.95. The standard InChI is InChI=1S/C17H19ClN2O4/c1-9-6-13(14(17(23)24)7-10(9)2)16(22)20-19-15(21)11-4-3-5-12(18)8-11/h3-5,8,13-14H,6-7H2,1-2H3,(H,19,21)(H,20,22)(H,23,24)/p-1/t13-,14+/m0/s1. The Balaban J connectivity index is 2.03. The number of nitrogens with one attached hydrogen (secondary N) is 2. The van der Waals surface area contributed by atoms with Gasteiger partial charge in [0.1, 0.15) is 0 Å².